The van der Waals surface area contributed by atoms with Crippen molar-refractivity contribution >= 4 is 23.6 Å². The molecule has 1 heterocycles. The van der Waals surface area contributed by atoms with Crippen molar-refractivity contribution in [2.75, 3.05) is 12.3 Å². The molecule has 0 aliphatic carbocycles. The lowest BCUT2D eigenvalue weighted by Gasteiger charge is -2.21. The van der Waals surface area contributed by atoms with E-state index in [1.54, 1.807) is 10.8 Å². The Morgan fingerprint density at radius 1 is 1.45 bits per heavy atom. The summed E-state index contributed by atoms with van der Waals surface area (Å²) in [6, 6.07) is 0. The molecule has 0 saturated heterocycles. The molecule has 0 aliphatic rings. The maximum atomic E-state index is 11.8. The van der Waals surface area contributed by atoms with Gasteiger partial charge in [-0.2, -0.15) is 0 Å². The third-order valence-electron chi connectivity index (χ3n) is 2.59. The molecule has 1 aromatic rings. The van der Waals surface area contributed by atoms with E-state index in [0.29, 0.717) is 11.7 Å². The van der Waals surface area contributed by atoms with Crippen molar-refractivity contribution in [1.29, 1.82) is 0 Å². The number of hydrogen-bond acceptors (Lipinski definition) is 4. The zero-order valence-corrected chi connectivity index (χ0v) is 13.1. The normalized spacial score (nSPS) is 11.4. The Bertz CT molecular complexity index is 492. The number of imidazole rings is 1. The second-order valence-corrected chi connectivity index (χ2v) is 6.34. The van der Waals surface area contributed by atoms with E-state index >= 15 is 0 Å². The molecule has 1 rings (SSSR count). The molecule has 1 aromatic heterocycles. The molecule has 2 N–H and O–H groups in total. The van der Waals surface area contributed by atoms with Gasteiger partial charge in [-0.1, -0.05) is 32.5 Å². The van der Waals surface area contributed by atoms with Gasteiger partial charge in [-0.3, -0.25) is 9.59 Å². The number of amides is 1. The third-order valence-corrected chi connectivity index (χ3v) is 3.56. The first kappa shape index (κ1) is 16.6. The summed E-state index contributed by atoms with van der Waals surface area (Å²) in [6.45, 7) is 8.67. The third kappa shape index (κ3) is 4.56. The van der Waals surface area contributed by atoms with E-state index < -0.39 is 5.97 Å². The number of nitrogens with zero attached hydrogens (tertiary/aromatic N) is 2. The topological polar surface area (TPSA) is 84.2 Å². The largest absolute Gasteiger partial charge is 0.481 e. The van der Waals surface area contributed by atoms with Crippen molar-refractivity contribution < 1.29 is 14.7 Å². The first-order valence-corrected chi connectivity index (χ1v) is 7.41. The van der Waals surface area contributed by atoms with Crippen LogP contribution in [-0.2, 0) is 21.5 Å². The highest BCUT2D eigenvalue weighted by molar-refractivity contribution is 7.99. The molecule has 0 aromatic carbocycles. The Hall–Kier alpha value is -1.50. The molecule has 1 amide bonds. The molecule has 0 aliphatic heterocycles. The number of hydrogen-bond donors (Lipinski definition) is 2. The molecule has 6 nitrogen and oxygen atoms in total. The fraction of sp³-hybridized carbons (Fsp3) is 0.615. The standard InChI is InChI=1S/C13H21N3O3S/c1-5-14-10(17)7-16-9(13(2,3)4)6-15-12(16)20-8-11(18)19/h6H,5,7-8H2,1-4H3,(H,14,17)(H,18,19). The molecule has 7 heteroatoms. The lowest BCUT2D eigenvalue weighted by atomic mass is 9.92. The van der Waals surface area contributed by atoms with E-state index in [1.165, 1.54) is 0 Å². The SMILES string of the molecule is CCNC(=O)Cn1c(C(C)(C)C)cnc1SCC(=O)O. The number of likely N-dealkylation sites (N-methyl/N-ethyl adjacent to an activating group) is 1. The van der Waals surface area contributed by atoms with Gasteiger partial charge in [-0.25, -0.2) is 4.98 Å². The second kappa shape index (κ2) is 6.78. The van der Waals surface area contributed by atoms with Crippen LogP contribution >= 0.6 is 11.8 Å². The number of carbonyl (C=O) groups excluding carboxylic acids is 1. The van der Waals surface area contributed by atoms with Crippen LogP contribution in [0, 0.1) is 0 Å². The van der Waals surface area contributed by atoms with Crippen LogP contribution in [0.4, 0.5) is 0 Å². The van der Waals surface area contributed by atoms with Crippen LogP contribution in [0.15, 0.2) is 11.4 Å². The van der Waals surface area contributed by atoms with Gasteiger partial charge >= 0.3 is 5.97 Å². The van der Waals surface area contributed by atoms with Crippen molar-refractivity contribution in [3.05, 3.63) is 11.9 Å². The first-order valence-electron chi connectivity index (χ1n) is 6.43. The molecule has 0 spiro atoms. The Morgan fingerprint density at radius 3 is 2.60 bits per heavy atom. The molecule has 0 saturated carbocycles. The summed E-state index contributed by atoms with van der Waals surface area (Å²) in [5.41, 5.74) is 0.748. The monoisotopic (exact) mass is 299 g/mol. The van der Waals surface area contributed by atoms with E-state index in [1.807, 2.05) is 27.7 Å². The number of nitrogens with one attached hydrogen (secondary N) is 1. The molecule has 0 unspecified atom stereocenters. The van der Waals surface area contributed by atoms with E-state index in [0.717, 1.165) is 17.5 Å². The van der Waals surface area contributed by atoms with Crippen LogP contribution in [0.2, 0.25) is 0 Å². The van der Waals surface area contributed by atoms with Crippen molar-refractivity contribution in [2.24, 2.45) is 0 Å². The van der Waals surface area contributed by atoms with E-state index in [9.17, 15) is 9.59 Å². The Labute approximate surface area is 123 Å². The summed E-state index contributed by atoms with van der Waals surface area (Å²) in [5.74, 6) is -1.08. The Morgan fingerprint density at radius 2 is 2.10 bits per heavy atom. The van der Waals surface area contributed by atoms with Gasteiger partial charge < -0.3 is 15.0 Å². The summed E-state index contributed by atoms with van der Waals surface area (Å²) < 4.78 is 1.79. The predicted octanol–water partition coefficient (Wildman–Crippen LogP) is 1.49. The zero-order chi connectivity index (χ0) is 15.3. The maximum absolute atomic E-state index is 11.8. The predicted molar refractivity (Wildman–Crippen MR) is 78.0 cm³/mol. The highest BCUT2D eigenvalue weighted by Gasteiger charge is 2.23. The van der Waals surface area contributed by atoms with Crippen LogP contribution in [0.5, 0.6) is 0 Å². The number of aliphatic carboxylic acids is 1. The smallest absolute Gasteiger partial charge is 0.313 e. The quantitative estimate of drug-likeness (QED) is 0.778. The van der Waals surface area contributed by atoms with Crippen LogP contribution in [-0.4, -0.2) is 38.8 Å². The van der Waals surface area contributed by atoms with Gasteiger partial charge in [0.15, 0.2) is 5.16 Å². The molecule has 0 radical (unpaired) electrons. The van der Waals surface area contributed by atoms with Gasteiger partial charge in [0.25, 0.3) is 0 Å². The van der Waals surface area contributed by atoms with Crippen LogP contribution < -0.4 is 5.32 Å². The highest BCUT2D eigenvalue weighted by Crippen LogP contribution is 2.27. The molecular weight excluding hydrogens is 278 g/mol. The number of carboxylic acid groups (broad SMARTS) is 1. The Balaban J connectivity index is 3.03. The van der Waals surface area contributed by atoms with Crippen LogP contribution in [0.25, 0.3) is 0 Å². The van der Waals surface area contributed by atoms with Gasteiger partial charge in [0.1, 0.15) is 6.54 Å². The minimum atomic E-state index is -0.903. The molecule has 0 atom stereocenters. The van der Waals surface area contributed by atoms with Crippen molar-refractivity contribution in [1.82, 2.24) is 14.9 Å². The first-order chi connectivity index (χ1) is 9.25. The highest BCUT2D eigenvalue weighted by atomic mass is 32.2. The lowest BCUT2D eigenvalue weighted by Crippen LogP contribution is -2.30. The minimum absolute atomic E-state index is 0.0734. The number of aromatic nitrogens is 2. The van der Waals surface area contributed by atoms with Crippen molar-refractivity contribution in [3.63, 3.8) is 0 Å². The Kier molecular flexibility index (Phi) is 5.62. The van der Waals surface area contributed by atoms with Crippen LogP contribution in [0.1, 0.15) is 33.4 Å². The molecule has 112 valence electrons. The van der Waals surface area contributed by atoms with Gasteiger partial charge in [0.2, 0.25) is 5.91 Å². The second-order valence-electron chi connectivity index (χ2n) is 5.40. The average molecular weight is 299 g/mol. The van der Waals surface area contributed by atoms with E-state index in [2.05, 4.69) is 10.3 Å². The number of carbonyl (C=O) groups is 2. The summed E-state index contributed by atoms with van der Waals surface area (Å²) in [4.78, 5) is 26.7. The van der Waals surface area contributed by atoms with Crippen molar-refractivity contribution in [3.8, 4) is 0 Å². The van der Waals surface area contributed by atoms with Crippen molar-refractivity contribution in [2.45, 2.75) is 44.8 Å². The van der Waals surface area contributed by atoms with Gasteiger partial charge in [-0.15, -0.1) is 0 Å². The average Bonchev–Trinajstić information content (AvgIpc) is 2.69. The van der Waals surface area contributed by atoms with Gasteiger partial charge in [0.05, 0.1) is 5.75 Å². The fourth-order valence-corrected chi connectivity index (χ4v) is 2.45. The number of carboxylic acids is 1. The van der Waals surface area contributed by atoms with E-state index in [-0.39, 0.29) is 23.6 Å². The zero-order valence-electron chi connectivity index (χ0n) is 12.3. The summed E-state index contributed by atoms with van der Waals surface area (Å²) in [5, 5.41) is 12.1. The molecule has 20 heavy (non-hydrogen) atoms. The number of thioether (sulfide) groups is 1. The molecular formula is C13H21N3O3S. The molecule has 0 fully saturated rings. The summed E-state index contributed by atoms with van der Waals surface area (Å²) in [7, 11) is 0. The minimum Gasteiger partial charge on any atom is -0.481 e. The summed E-state index contributed by atoms with van der Waals surface area (Å²) >= 11 is 1.12. The lowest BCUT2D eigenvalue weighted by molar-refractivity contribution is -0.133. The van der Waals surface area contributed by atoms with E-state index in [4.69, 9.17) is 5.11 Å². The number of rotatable bonds is 6. The maximum Gasteiger partial charge on any atom is 0.313 e. The van der Waals surface area contributed by atoms with Gasteiger partial charge in [0, 0.05) is 23.9 Å². The molecule has 0 bridgehead atoms. The van der Waals surface area contributed by atoms with Gasteiger partial charge in [-0.05, 0) is 6.92 Å². The van der Waals surface area contributed by atoms with Crippen LogP contribution in [0.3, 0.4) is 0 Å². The summed E-state index contributed by atoms with van der Waals surface area (Å²) in [6.07, 6.45) is 1.71. The fourth-order valence-electron chi connectivity index (χ4n) is 1.75.